The number of likely N-dealkylation sites (N-methyl/N-ethyl adjacent to an activating group) is 1. The summed E-state index contributed by atoms with van der Waals surface area (Å²) in [5.74, 6) is -0.692. The van der Waals surface area contributed by atoms with Crippen molar-refractivity contribution in [2.24, 2.45) is 0 Å². The first-order chi connectivity index (χ1) is 11.4. The third-order valence-corrected chi connectivity index (χ3v) is 4.76. The summed E-state index contributed by atoms with van der Waals surface area (Å²) < 4.78 is 15.1. The number of rotatable bonds is 4. The first-order valence-electron chi connectivity index (χ1n) is 7.07. The van der Waals surface area contributed by atoms with Crippen molar-refractivity contribution in [3.8, 4) is 0 Å². The zero-order chi connectivity index (χ0) is 17.3. The standard InChI is InChI=1S/C16H13ClFN3O2S/c1-20(7-11-3-5-14(17)24-11)15(22)8-21-9-19-13-6-10(18)2-4-12(13)16(21)23/h2-6,9H,7-8H2,1H3. The summed E-state index contributed by atoms with van der Waals surface area (Å²) in [7, 11) is 1.66. The van der Waals surface area contributed by atoms with Crippen molar-refractivity contribution in [1.82, 2.24) is 14.5 Å². The van der Waals surface area contributed by atoms with E-state index in [-0.39, 0.29) is 28.9 Å². The van der Waals surface area contributed by atoms with Crippen LogP contribution in [0.25, 0.3) is 10.9 Å². The largest absolute Gasteiger partial charge is 0.339 e. The number of thiophene rings is 1. The van der Waals surface area contributed by atoms with Crippen molar-refractivity contribution >= 4 is 39.7 Å². The van der Waals surface area contributed by atoms with Crippen molar-refractivity contribution < 1.29 is 9.18 Å². The molecule has 3 rings (SSSR count). The Bertz CT molecular complexity index is 969. The SMILES string of the molecule is CN(Cc1ccc(Cl)s1)C(=O)Cn1cnc2cc(F)ccc2c1=O. The van der Waals surface area contributed by atoms with Gasteiger partial charge in [-0.25, -0.2) is 9.37 Å². The number of benzene rings is 1. The highest BCUT2D eigenvalue weighted by Crippen LogP contribution is 2.22. The molecule has 0 saturated carbocycles. The van der Waals surface area contributed by atoms with Crippen LogP contribution in [0.4, 0.5) is 4.39 Å². The lowest BCUT2D eigenvalue weighted by Gasteiger charge is -2.17. The predicted molar refractivity (Wildman–Crippen MR) is 91.8 cm³/mol. The summed E-state index contributed by atoms with van der Waals surface area (Å²) in [6, 6.07) is 7.39. The second-order valence-corrected chi connectivity index (χ2v) is 7.09. The molecule has 0 unspecified atom stereocenters. The Balaban J connectivity index is 1.78. The number of carbonyl (C=O) groups excluding carboxylic acids is 1. The lowest BCUT2D eigenvalue weighted by atomic mass is 10.2. The van der Waals surface area contributed by atoms with Crippen LogP contribution in [0.3, 0.4) is 0 Å². The maximum absolute atomic E-state index is 13.2. The van der Waals surface area contributed by atoms with Crippen molar-refractivity contribution in [1.29, 1.82) is 0 Å². The van der Waals surface area contributed by atoms with Crippen LogP contribution in [-0.4, -0.2) is 27.4 Å². The number of nitrogens with zero attached hydrogens (tertiary/aromatic N) is 3. The molecule has 2 aromatic heterocycles. The number of amides is 1. The molecular formula is C16H13ClFN3O2S. The monoisotopic (exact) mass is 365 g/mol. The molecule has 1 amide bonds. The quantitative estimate of drug-likeness (QED) is 0.714. The van der Waals surface area contributed by atoms with E-state index in [1.54, 1.807) is 13.1 Å². The summed E-state index contributed by atoms with van der Waals surface area (Å²) in [4.78, 5) is 31.2. The fraction of sp³-hybridized carbons (Fsp3) is 0.188. The summed E-state index contributed by atoms with van der Waals surface area (Å²) in [5.41, 5.74) is -0.105. The minimum atomic E-state index is -0.461. The lowest BCUT2D eigenvalue weighted by Crippen LogP contribution is -2.33. The first kappa shape index (κ1) is 16.6. The molecule has 0 aliphatic heterocycles. The van der Waals surface area contributed by atoms with E-state index in [4.69, 9.17) is 11.6 Å². The van der Waals surface area contributed by atoms with Crippen LogP contribution in [0, 0.1) is 5.82 Å². The average molecular weight is 366 g/mol. The Morgan fingerprint density at radius 2 is 2.17 bits per heavy atom. The molecule has 0 aliphatic carbocycles. The van der Waals surface area contributed by atoms with Gasteiger partial charge < -0.3 is 4.90 Å². The molecule has 0 N–H and O–H groups in total. The van der Waals surface area contributed by atoms with Gasteiger partial charge >= 0.3 is 0 Å². The summed E-state index contributed by atoms with van der Waals surface area (Å²) in [6.07, 6.45) is 1.26. The predicted octanol–water partition coefficient (Wildman–Crippen LogP) is 2.91. The maximum atomic E-state index is 13.2. The fourth-order valence-corrected chi connectivity index (χ4v) is 3.41. The van der Waals surface area contributed by atoms with E-state index in [1.807, 2.05) is 6.07 Å². The van der Waals surface area contributed by atoms with Gasteiger partial charge in [0, 0.05) is 18.0 Å². The van der Waals surface area contributed by atoms with Gasteiger partial charge in [-0.05, 0) is 24.3 Å². The number of halogens is 2. The van der Waals surface area contributed by atoms with E-state index in [2.05, 4.69) is 4.98 Å². The van der Waals surface area contributed by atoms with E-state index in [0.29, 0.717) is 10.9 Å². The van der Waals surface area contributed by atoms with Gasteiger partial charge in [0.2, 0.25) is 5.91 Å². The van der Waals surface area contributed by atoms with Crippen molar-refractivity contribution in [3.05, 3.63) is 62.0 Å². The minimum absolute atomic E-state index is 0.130. The van der Waals surface area contributed by atoms with Crippen LogP contribution in [0.15, 0.2) is 41.5 Å². The van der Waals surface area contributed by atoms with Crippen molar-refractivity contribution in [2.45, 2.75) is 13.1 Å². The van der Waals surface area contributed by atoms with Crippen LogP contribution in [-0.2, 0) is 17.9 Å². The highest BCUT2D eigenvalue weighted by Gasteiger charge is 2.13. The van der Waals surface area contributed by atoms with E-state index >= 15 is 0 Å². The second kappa shape index (κ2) is 6.70. The molecule has 2 heterocycles. The molecule has 0 spiro atoms. The van der Waals surface area contributed by atoms with Gasteiger partial charge in [-0.2, -0.15) is 0 Å². The van der Waals surface area contributed by atoms with Crippen LogP contribution in [0.1, 0.15) is 4.88 Å². The Hall–Kier alpha value is -2.25. The molecule has 0 bridgehead atoms. The number of hydrogen-bond acceptors (Lipinski definition) is 4. The number of hydrogen-bond donors (Lipinski definition) is 0. The molecule has 5 nitrogen and oxygen atoms in total. The van der Waals surface area contributed by atoms with Gasteiger partial charge in [-0.15, -0.1) is 11.3 Å². The van der Waals surface area contributed by atoms with Crippen molar-refractivity contribution in [2.75, 3.05) is 7.05 Å². The number of fused-ring (bicyclic) bond motifs is 1. The highest BCUT2D eigenvalue weighted by atomic mass is 35.5. The van der Waals surface area contributed by atoms with Gasteiger partial charge in [0.05, 0.1) is 28.1 Å². The second-order valence-electron chi connectivity index (χ2n) is 5.29. The normalized spacial score (nSPS) is 11.0. The maximum Gasteiger partial charge on any atom is 0.261 e. The highest BCUT2D eigenvalue weighted by molar-refractivity contribution is 7.16. The van der Waals surface area contributed by atoms with Crippen LogP contribution >= 0.6 is 22.9 Å². The Morgan fingerprint density at radius 1 is 1.38 bits per heavy atom. The van der Waals surface area contributed by atoms with E-state index in [0.717, 1.165) is 4.88 Å². The molecule has 0 fully saturated rings. The lowest BCUT2D eigenvalue weighted by molar-refractivity contribution is -0.131. The molecule has 24 heavy (non-hydrogen) atoms. The topological polar surface area (TPSA) is 55.2 Å². The zero-order valence-corrected chi connectivity index (χ0v) is 14.3. The molecule has 0 atom stereocenters. The van der Waals surface area contributed by atoms with E-state index < -0.39 is 5.82 Å². The first-order valence-corrected chi connectivity index (χ1v) is 8.26. The van der Waals surface area contributed by atoms with E-state index in [9.17, 15) is 14.0 Å². The summed E-state index contributed by atoms with van der Waals surface area (Å²) >= 11 is 7.28. The molecule has 0 radical (unpaired) electrons. The van der Waals surface area contributed by atoms with Crippen LogP contribution in [0.5, 0.6) is 0 Å². The number of aromatic nitrogens is 2. The smallest absolute Gasteiger partial charge is 0.261 e. The van der Waals surface area contributed by atoms with Gasteiger partial charge in [0.15, 0.2) is 0 Å². The molecule has 0 saturated heterocycles. The molecule has 0 aliphatic rings. The third-order valence-electron chi connectivity index (χ3n) is 3.54. The Labute approximate surface area is 145 Å². The van der Waals surface area contributed by atoms with Crippen molar-refractivity contribution in [3.63, 3.8) is 0 Å². The molecular weight excluding hydrogens is 353 g/mol. The minimum Gasteiger partial charge on any atom is -0.339 e. The zero-order valence-electron chi connectivity index (χ0n) is 12.7. The van der Waals surface area contributed by atoms with Crippen LogP contribution in [0.2, 0.25) is 4.34 Å². The summed E-state index contributed by atoms with van der Waals surface area (Å²) in [5, 5.41) is 0.277. The Morgan fingerprint density at radius 3 is 2.88 bits per heavy atom. The third kappa shape index (κ3) is 3.47. The fourth-order valence-electron chi connectivity index (χ4n) is 2.27. The van der Waals surface area contributed by atoms with Gasteiger partial charge in [-0.1, -0.05) is 11.6 Å². The molecule has 1 aromatic carbocycles. The van der Waals surface area contributed by atoms with E-state index in [1.165, 1.54) is 45.3 Å². The van der Waals surface area contributed by atoms with Gasteiger partial charge in [0.25, 0.3) is 5.56 Å². The van der Waals surface area contributed by atoms with Gasteiger partial charge in [0.1, 0.15) is 12.4 Å². The average Bonchev–Trinajstić information content (AvgIpc) is 2.95. The van der Waals surface area contributed by atoms with Crippen LogP contribution < -0.4 is 5.56 Å². The summed E-state index contributed by atoms with van der Waals surface area (Å²) in [6.45, 7) is 0.284. The van der Waals surface area contributed by atoms with Gasteiger partial charge in [-0.3, -0.25) is 14.2 Å². The molecule has 8 heteroatoms. The Kier molecular flexibility index (Phi) is 4.64. The molecule has 3 aromatic rings. The molecule has 124 valence electrons. The number of carbonyl (C=O) groups is 1.